The van der Waals surface area contributed by atoms with Crippen LogP contribution in [0, 0.1) is 17.8 Å². The van der Waals surface area contributed by atoms with Crippen LogP contribution in [0.1, 0.15) is 41.0 Å². The minimum Gasteiger partial charge on any atom is -0.467 e. The normalized spacial score (nSPS) is 22.8. The molecular formula is C23H25NO8. The maximum absolute atomic E-state index is 13.0. The fourth-order valence-corrected chi connectivity index (χ4v) is 4.18. The SMILES string of the molecule is CCOC(=O)[C@H]1C=C[C@H]([C@@H](C(=O)OC)N2C(=O)c3ccccc3C2=O)C[C@@H]1C(=O)OCC. The highest BCUT2D eigenvalue weighted by Crippen LogP contribution is 2.36. The number of hydrogen-bond acceptors (Lipinski definition) is 8. The highest BCUT2D eigenvalue weighted by Gasteiger charge is 2.49. The molecule has 4 atom stereocenters. The molecule has 0 fully saturated rings. The van der Waals surface area contributed by atoms with E-state index in [1.54, 1.807) is 32.1 Å². The van der Waals surface area contributed by atoms with Crippen molar-refractivity contribution in [2.24, 2.45) is 17.8 Å². The van der Waals surface area contributed by atoms with Crippen LogP contribution in [0.3, 0.4) is 0 Å². The van der Waals surface area contributed by atoms with Gasteiger partial charge < -0.3 is 14.2 Å². The number of benzene rings is 1. The first kappa shape index (κ1) is 23.2. The first-order valence-corrected chi connectivity index (χ1v) is 10.4. The average Bonchev–Trinajstić information content (AvgIpc) is 3.04. The van der Waals surface area contributed by atoms with Crippen molar-refractivity contribution in [1.29, 1.82) is 0 Å². The lowest BCUT2D eigenvalue weighted by molar-refractivity contribution is -0.160. The molecule has 9 nitrogen and oxygen atoms in total. The minimum atomic E-state index is -1.30. The molecule has 0 saturated heterocycles. The van der Waals surface area contributed by atoms with Crippen LogP contribution < -0.4 is 0 Å². The van der Waals surface area contributed by atoms with Crippen LogP contribution in [0.25, 0.3) is 0 Å². The zero-order valence-electron chi connectivity index (χ0n) is 18.1. The fourth-order valence-electron chi connectivity index (χ4n) is 4.18. The molecule has 0 aromatic heterocycles. The summed E-state index contributed by atoms with van der Waals surface area (Å²) in [6, 6.07) is 4.98. The molecule has 0 radical (unpaired) electrons. The lowest BCUT2D eigenvalue weighted by Crippen LogP contribution is -2.51. The third kappa shape index (κ3) is 4.15. The van der Waals surface area contributed by atoms with Crippen LogP contribution in [0.2, 0.25) is 0 Å². The summed E-state index contributed by atoms with van der Waals surface area (Å²) in [6.45, 7) is 3.55. The van der Waals surface area contributed by atoms with E-state index in [4.69, 9.17) is 14.2 Å². The Hall–Kier alpha value is -3.49. The fraction of sp³-hybridized carbons (Fsp3) is 0.435. The van der Waals surface area contributed by atoms with Crippen molar-refractivity contribution in [3.8, 4) is 0 Å². The molecule has 2 amide bonds. The van der Waals surface area contributed by atoms with Crippen LogP contribution in [0.15, 0.2) is 36.4 Å². The molecule has 32 heavy (non-hydrogen) atoms. The largest absolute Gasteiger partial charge is 0.467 e. The number of imide groups is 1. The van der Waals surface area contributed by atoms with Gasteiger partial charge in [0.25, 0.3) is 11.8 Å². The van der Waals surface area contributed by atoms with E-state index < -0.39 is 53.5 Å². The number of carbonyl (C=O) groups is 5. The Kier molecular flexibility index (Phi) is 7.07. The van der Waals surface area contributed by atoms with Crippen molar-refractivity contribution in [3.63, 3.8) is 0 Å². The van der Waals surface area contributed by atoms with E-state index in [1.165, 1.54) is 18.2 Å². The number of nitrogens with zero attached hydrogens (tertiary/aromatic N) is 1. The summed E-state index contributed by atoms with van der Waals surface area (Å²) in [6.07, 6.45) is 3.02. The molecule has 1 aromatic rings. The van der Waals surface area contributed by atoms with E-state index in [9.17, 15) is 24.0 Å². The molecule has 3 rings (SSSR count). The molecule has 1 aromatic carbocycles. The van der Waals surface area contributed by atoms with Crippen LogP contribution in [-0.4, -0.2) is 61.0 Å². The molecule has 1 heterocycles. The van der Waals surface area contributed by atoms with E-state index in [1.807, 2.05) is 0 Å². The van der Waals surface area contributed by atoms with E-state index in [0.717, 1.165) is 12.0 Å². The summed E-state index contributed by atoms with van der Waals surface area (Å²) < 4.78 is 15.1. The lowest BCUT2D eigenvalue weighted by atomic mass is 9.76. The second-order valence-electron chi connectivity index (χ2n) is 7.41. The summed E-state index contributed by atoms with van der Waals surface area (Å²) >= 11 is 0. The van der Waals surface area contributed by atoms with Crippen LogP contribution in [0.4, 0.5) is 0 Å². The van der Waals surface area contributed by atoms with Gasteiger partial charge in [-0.2, -0.15) is 0 Å². The quantitative estimate of drug-likeness (QED) is 0.271. The van der Waals surface area contributed by atoms with Crippen molar-refractivity contribution >= 4 is 29.7 Å². The van der Waals surface area contributed by atoms with Gasteiger partial charge in [0, 0.05) is 5.92 Å². The van der Waals surface area contributed by atoms with Gasteiger partial charge in [0.05, 0.1) is 43.3 Å². The van der Waals surface area contributed by atoms with Crippen LogP contribution in [-0.2, 0) is 28.6 Å². The zero-order chi connectivity index (χ0) is 23.4. The molecule has 0 spiro atoms. The minimum absolute atomic E-state index is 0.00795. The van der Waals surface area contributed by atoms with Gasteiger partial charge in [0.15, 0.2) is 0 Å². The molecule has 0 bridgehead atoms. The van der Waals surface area contributed by atoms with Gasteiger partial charge in [0.2, 0.25) is 0 Å². The molecule has 0 N–H and O–H groups in total. The van der Waals surface area contributed by atoms with E-state index in [-0.39, 0.29) is 30.8 Å². The molecule has 9 heteroatoms. The standard InChI is InChI=1S/C23H25NO8/c1-4-31-21(27)16-11-10-13(12-17(16)22(28)32-5-2)18(23(29)30-3)24-19(25)14-8-6-7-9-15(14)20(24)26/h6-11,13,16-18H,4-5,12H2,1-3H3/t13-,16-,17-,18-/m0/s1. The molecule has 170 valence electrons. The van der Waals surface area contributed by atoms with Crippen molar-refractivity contribution in [1.82, 2.24) is 4.90 Å². The molecule has 1 aliphatic carbocycles. The molecule has 0 saturated carbocycles. The lowest BCUT2D eigenvalue weighted by Gasteiger charge is -2.35. The predicted octanol–water partition coefficient (Wildman–Crippen LogP) is 1.76. The maximum Gasteiger partial charge on any atom is 0.329 e. The molecular weight excluding hydrogens is 418 g/mol. The number of methoxy groups -OCH3 is 1. The summed E-state index contributed by atoms with van der Waals surface area (Å²) in [5.41, 5.74) is 0.384. The third-order valence-corrected chi connectivity index (χ3v) is 5.63. The number of hydrogen-bond donors (Lipinski definition) is 0. The van der Waals surface area contributed by atoms with Gasteiger partial charge in [-0.1, -0.05) is 24.3 Å². The summed E-state index contributed by atoms with van der Waals surface area (Å²) in [5.74, 6) is -5.83. The van der Waals surface area contributed by atoms with Crippen molar-refractivity contribution in [3.05, 3.63) is 47.5 Å². The molecule has 0 unspecified atom stereocenters. The number of amides is 2. The van der Waals surface area contributed by atoms with Gasteiger partial charge in [-0.25, -0.2) is 4.79 Å². The highest BCUT2D eigenvalue weighted by molar-refractivity contribution is 6.22. The Balaban J connectivity index is 1.98. The first-order chi connectivity index (χ1) is 15.3. The Morgan fingerprint density at radius 2 is 1.53 bits per heavy atom. The number of carbonyl (C=O) groups excluding carboxylic acids is 5. The van der Waals surface area contributed by atoms with Gasteiger partial charge in [0.1, 0.15) is 6.04 Å². The number of esters is 3. The summed E-state index contributed by atoms with van der Waals surface area (Å²) in [7, 11) is 1.16. The van der Waals surface area contributed by atoms with Crippen molar-refractivity contribution < 1.29 is 38.2 Å². The van der Waals surface area contributed by atoms with Crippen LogP contribution in [0.5, 0.6) is 0 Å². The van der Waals surface area contributed by atoms with Gasteiger partial charge in [-0.3, -0.25) is 24.1 Å². The Bertz CT molecular complexity index is 933. The molecule has 2 aliphatic rings. The monoisotopic (exact) mass is 443 g/mol. The molecule has 1 aliphatic heterocycles. The van der Waals surface area contributed by atoms with Gasteiger partial charge in [-0.05, 0) is 32.4 Å². The highest BCUT2D eigenvalue weighted by atomic mass is 16.5. The Labute approximate surface area is 185 Å². The predicted molar refractivity (Wildman–Crippen MR) is 110 cm³/mol. The first-order valence-electron chi connectivity index (χ1n) is 10.4. The second kappa shape index (κ2) is 9.76. The Morgan fingerprint density at radius 1 is 0.969 bits per heavy atom. The van der Waals surface area contributed by atoms with E-state index in [2.05, 4.69) is 0 Å². The summed E-state index contributed by atoms with van der Waals surface area (Å²) in [5, 5.41) is 0. The zero-order valence-corrected chi connectivity index (χ0v) is 18.1. The second-order valence-corrected chi connectivity index (χ2v) is 7.41. The topological polar surface area (TPSA) is 116 Å². The number of ether oxygens (including phenoxy) is 3. The smallest absolute Gasteiger partial charge is 0.329 e. The van der Waals surface area contributed by atoms with Gasteiger partial charge in [-0.15, -0.1) is 0 Å². The van der Waals surface area contributed by atoms with E-state index in [0.29, 0.717) is 0 Å². The van der Waals surface area contributed by atoms with Crippen LogP contribution >= 0.6 is 0 Å². The Morgan fingerprint density at radius 3 is 2.06 bits per heavy atom. The van der Waals surface area contributed by atoms with Crippen molar-refractivity contribution in [2.45, 2.75) is 26.3 Å². The maximum atomic E-state index is 13.0. The number of rotatable bonds is 7. The van der Waals surface area contributed by atoms with Gasteiger partial charge >= 0.3 is 17.9 Å². The average molecular weight is 443 g/mol. The summed E-state index contributed by atoms with van der Waals surface area (Å²) in [4.78, 5) is 64.6. The third-order valence-electron chi connectivity index (χ3n) is 5.63. The van der Waals surface area contributed by atoms with Crippen molar-refractivity contribution in [2.75, 3.05) is 20.3 Å². The number of fused-ring (bicyclic) bond motifs is 1. The van der Waals surface area contributed by atoms with E-state index >= 15 is 0 Å².